The summed E-state index contributed by atoms with van der Waals surface area (Å²) in [5.74, 6) is 1.90. The van der Waals surface area contributed by atoms with Crippen LogP contribution in [0.15, 0.2) is 54.9 Å². The summed E-state index contributed by atoms with van der Waals surface area (Å²) in [6, 6.07) is 14.6. The van der Waals surface area contributed by atoms with Gasteiger partial charge in [-0.25, -0.2) is 9.97 Å². The number of nitrogens with one attached hydrogen (secondary N) is 2. The van der Waals surface area contributed by atoms with Crippen LogP contribution in [0.5, 0.6) is 5.75 Å². The number of nitrogens with zero attached hydrogens (tertiary/aromatic N) is 2. The van der Waals surface area contributed by atoms with Gasteiger partial charge in [0.15, 0.2) is 0 Å². The minimum atomic E-state index is 0.522. The molecule has 0 aliphatic heterocycles. The summed E-state index contributed by atoms with van der Waals surface area (Å²) in [4.78, 5) is 8.40. The number of halogens is 2. The van der Waals surface area contributed by atoms with E-state index in [-0.39, 0.29) is 0 Å². The van der Waals surface area contributed by atoms with E-state index in [1.54, 1.807) is 25.3 Å². The fourth-order valence-corrected chi connectivity index (χ4v) is 2.55. The highest BCUT2D eigenvalue weighted by atomic mass is 35.5. The van der Waals surface area contributed by atoms with Crippen LogP contribution in [0.25, 0.3) is 0 Å². The first kappa shape index (κ1) is 16.4. The Balaban J connectivity index is 1.76. The molecule has 0 saturated carbocycles. The zero-order chi connectivity index (χ0) is 16.9. The van der Waals surface area contributed by atoms with E-state index in [9.17, 15) is 0 Å². The molecule has 0 bridgehead atoms. The molecule has 2 aromatic carbocycles. The molecule has 0 unspecified atom stereocenters. The predicted molar refractivity (Wildman–Crippen MR) is 98.1 cm³/mol. The van der Waals surface area contributed by atoms with Gasteiger partial charge >= 0.3 is 0 Å². The Morgan fingerprint density at radius 1 is 0.875 bits per heavy atom. The number of hydrogen-bond donors (Lipinski definition) is 2. The number of benzene rings is 2. The minimum Gasteiger partial charge on any atom is -0.495 e. The van der Waals surface area contributed by atoms with E-state index in [1.807, 2.05) is 30.3 Å². The van der Waals surface area contributed by atoms with Gasteiger partial charge in [0, 0.05) is 22.5 Å². The molecule has 5 nitrogen and oxygen atoms in total. The molecule has 0 amide bonds. The standard InChI is InChI=1S/C17H14Cl2N4O/c1-24-15-6-5-13(8-14(15)19)23-17-9-16(20-10-21-17)22-12-4-2-3-11(18)7-12/h2-10H,1H3,(H2,20,21,22,23). The molecule has 7 heteroatoms. The molecule has 3 rings (SSSR count). The monoisotopic (exact) mass is 360 g/mol. The third-order valence-corrected chi connectivity index (χ3v) is 3.72. The summed E-state index contributed by atoms with van der Waals surface area (Å²) in [6.07, 6.45) is 1.47. The number of aromatic nitrogens is 2. The molecule has 122 valence electrons. The van der Waals surface area contributed by atoms with Crippen molar-refractivity contribution in [1.82, 2.24) is 9.97 Å². The molecule has 1 aromatic heterocycles. The highest BCUT2D eigenvalue weighted by molar-refractivity contribution is 6.32. The number of hydrogen-bond acceptors (Lipinski definition) is 5. The lowest BCUT2D eigenvalue weighted by atomic mass is 10.3. The molecule has 0 aliphatic rings. The topological polar surface area (TPSA) is 59.1 Å². The summed E-state index contributed by atoms with van der Waals surface area (Å²) >= 11 is 12.1. The molecule has 1 heterocycles. The quantitative estimate of drug-likeness (QED) is 0.648. The first-order valence-electron chi connectivity index (χ1n) is 7.09. The van der Waals surface area contributed by atoms with Crippen molar-refractivity contribution < 1.29 is 4.74 Å². The summed E-state index contributed by atoms with van der Waals surface area (Å²) in [5.41, 5.74) is 1.65. The number of methoxy groups -OCH3 is 1. The number of ether oxygens (including phenoxy) is 1. The molecule has 24 heavy (non-hydrogen) atoms. The second kappa shape index (κ2) is 7.38. The van der Waals surface area contributed by atoms with Crippen molar-refractivity contribution in [2.24, 2.45) is 0 Å². The second-order valence-corrected chi connectivity index (χ2v) is 5.74. The largest absolute Gasteiger partial charge is 0.495 e. The van der Waals surface area contributed by atoms with Gasteiger partial charge in [0.25, 0.3) is 0 Å². The predicted octanol–water partition coefficient (Wildman–Crippen LogP) is 5.28. The van der Waals surface area contributed by atoms with Gasteiger partial charge in [-0.1, -0.05) is 29.3 Å². The van der Waals surface area contributed by atoms with Gasteiger partial charge < -0.3 is 15.4 Å². The van der Waals surface area contributed by atoms with Crippen molar-refractivity contribution in [3.8, 4) is 5.75 Å². The Bertz CT molecular complexity index is 857. The highest BCUT2D eigenvalue weighted by Crippen LogP contribution is 2.29. The SMILES string of the molecule is COc1ccc(Nc2cc(Nc3cccc(Cl)c3)ncn2)cc1Cl. The zero-order valence-electron chi connectivity index (χ0n) is 12.8. The average Bonchev–Trinajstić information content (AvgIpc) is 2.55. The van der Waals surface area contributed by atoms with Crippen LogP contribution in [-0.4, -0.2) is 17.1 Å². The Kier molecular flexibility index (Phi) is 5.03. The Morgan fingerprint density at radius 2 is 1.58 bits per heavy atom. The first-order chi connectivity index (χ1) is 11.6. The van der Waals surface area contributed by atoms with Crippen molar-refractivity contribution in [2.45, 2.75) is 0 Å². The normalized spacial score (nSPS) is 10.3. The lowest BCUT2D eigenvalue weighted by Gasteiger charge is -2.10. The molecular formula is C17H14Cl2N4O. The first-order valence-corrected chi connectivity index (χ1v) is 7.85. The molecule has 0 fully saturated rings. The molecular weight excluding hydrogens is 347 g/mol. The Hall–Kier alpha value is -2.50. The third-order valence-electron chi connectivity index (χ3n) is 3.19. The van der Waals surface area contributed by atoms with Crippen LogP contribution in [0, 0.1) is 0 Å². The van der Waals surface area contributed by atoms with Crippen LogP contribution in [0.3, 0.4) is 0 Å². The Morgan fingerprint density at radius 3 is 2.21 bits per heavy atom. The maximum atomic E-state index is 6.13. The minimum absolute atomic E-state index is 0.522. The van der Waals surface area contributed by atoms with Gasteiger partial charge in [-0.05, 0) is 36.4 Å². The molecule has 3 aromatic rings. The van der Waals surface area contributed by atoms with Crippen molar-refractivity contribution in [3.63, 3.8) is 0 Å². The van der Waals surface area contributed by atoms with Crippen molar-refractivity contribution in [2.75, 3.05) is 17.7 Å². The van der Waals surface area contributed by atoms with Crippen molar-refractivity contribution >= 4 is 46.2 Å². The fraction of sp³-hybridized carbons (Fsp3) is 0.0588. The number of anilines is 4. The summed E-state index contributed by atoms with van der Waals surface area (Å²) in [7, 11) is 1.58. The molecule has 2 N–H and O–H groups in total. The van der Waals surface area contributed by atoms with Crippen LogP contribution >= 0.6 is 23.2 Å². The van der Waals surface area contributed by atoms with Crippen LogP contribution in [0.1, 0.15) is 0 Å². The van der Waals surface area contributed by atoms with Gasteiger partial charge in [-0.15, -0.1) is 0 Å². The van der Waals surface area contributed by atoms with Crippen LogP contribution in [-0.2, 0) is 0 Å². The highest BCUT2D eigenvalue weighted by Gasteiger charge is 2.04. The molecule has 0 spiro atoms. The van der Waals surface area contributed by atoms with Crippen LogP contribution < -0.4 is 15.4 Å². The summed E-state index contributed by atoms with van der Waals surface area (Å²) in [5, 5.41) is 7.53. The van der Waals surface area contributed by atoms with E-state index in [1.165, 1.54) is 6.33 Å². The maximum absolute atomic E-state index is 6.13. The molecule has 0 saturated heterocycles. The van der Waals surface area contributed by atoms with Crippen molar-refractivity contribution in [3.05, 3.63) is 64.9 Å². The van der Waals surface area contributed by atoms with E-state index in [4.69, 9.17) is 27.9 Å². The van der Waals surface area contributed by atoms with Gasteiger partial charge in [0.1, 0.15) is 23.7 Å². The fourth-order valence-electron chi connectivity index (χ4n) is 2.10. The lowest BCUT2D eigenvalue weighted by molar-refractivity contribution is 0.415. The lowest BCUT2D eigenvalue weighted by Crippen LogP contribution is -1.98. The van der Waals surface area contributed by atoms with Gasteiger partial charge in [0.05, 0.1) is 12.1 Å². The summed E-state index contributed by atoms with van der Waals surface area (Å²) in [6.45, 7) is 0. The van der Waals surface area contributed by atoms with E-state index in [0.717, 1.165) is 11.4 Å². The smallest absolute Gasteiger partial charge is 0.137 e. The van der Waals surface area contributed by atoms with Gasteiger partial charge in [0.2, 0.25) is 0 Å². The van der Waals surface area contributed by atoms with E-state index in [2.05, 4.69) is 20.6 Å². The third kappa shape index (κ3) is 4.07. The van der Waals surface area contributed by atoms with Gasteiger partial charge in [-0.2, -0.15) is 0 Å². The maximum Gasteiger partial charge on any atom is 0.137 e. The van der Waals surface area contributed by atoms with Crippen LogP contribution in [0.4, 0.5) is 23.0 Å². The zero-order valence-corrected chi connectivity index (χ0v) is 14.3. The molecule has 0 aliphatic carbocycles. The molecule has 0 atom stereocenters. The van der Waals surface area contributed by atoms with E-state index < -0.39 is 0 Å². The summed E-state index contributed by atoms with van der Waals surface area (Å²) < 4.78 is 5.14. The average molecular weight is 361 g/mol. The Labute approximate surface area is 149 Å². The molecule has 0 radical (unpaired) electrons. The van der Waals surface area contributed by atoms with Gasteiger partial charge in [-0.3, -0.25) is 0 Å². The second-order valence-electron chi connectivity index (χ2n) is 4.90. The van der Waals surface area contributed by atoms with E-state index >= 15 is 0 Å². The van der Waals surface area contributed by atoms with E-state index in [0.29, 0.717) is 27.4 Å². The van der Waals surface area contributed by atoms with Crippen LogP contribution in [0.2, 0.25) is 10.0 Å². The van der Waals surface area contributed by atoms with Crippen molar-refractivity contribution in [1.29, 1.82) is 0 Å². The number of rotatable bonds is 5.